The fourth-order valence-corrected chi connectivity index (χ4v) is 4.82. The first-order valence-electron chi connectivity index (χ1n) is 12.7. The maximum atomic E-state index is 10.9. The zero-order valence-corrected chi connectivity index (χ0v) is 20.9. The van der Waals surface area contributed by atoms with Gasteiger partial charge >= 0.3 is 0 Å². The summed E-state index contributed by atoms with van der Waals surface area (Å²) in [5, 5.41) is 40.3. The number of aliphatic hydroxyl groups excluding tert-OH is 2. The van der Waals surface area contributed by atoms with Gasteiger partial charge in [-0.15, -0.1) is 10.2 Å². The van der Waals surface area contributed by atoms with Crippen LogP contribution in [0.15, 0.2) is 6.33 Å². The van der Waals surface area contributed by atoms with E-state index >= 15 is 0 Å². The van der Waals surface area contributed by atoms with E-state index < -0.39 is 24.5 Å². The Morgan fingerprint density at radius 2 is 1.92 bits per heavy atom. The van der Waals surface area contributed by atoms with E-state index in [-0.39, 0.29) is 11.9 Å². The van der Waals surface area contributed by atoms with Crippen molar-refractivity contribution in [3.63, 3.8) is 0 Å². The molecule has 4 atom stereocenters. The minimum absolute atomic E-state index is 0.200. The first-order valence-corrected chi connectivity index (χ1v) is 12.7. The van der Waals surface area contributed by atoms with Crippen molar-refractivity contribution in [2.24, 2.45) is 7.05 Å². The molecule has 2 aliphatic heterocycles. The van der Waals surface area contributed by atoms with Crippen LogP contribution in [0.1, 0.15) is 57.7 Å². The Hall–Kier alpha value is -2.94. The van der Waals surface area contributed by atoms with Crippen LogP contribution in [0.5, 0.6) is 0 Å². The highest BCUT2D eigenvalue weighted by atomic mass is 16.6. The molecule has 0 spiro atoms. The van der Waals surface area contributed by atoms with Gasteiger partial charge in [-0.1, -0.05) is 13.8 Å². The summed E-state index contributed by atoms with van der Waals surface area (Å²) in [7, 11) is 1.62. The number of anilines is 2. The van der Waals surface area contributed by atoms with Crippen molar-refractivity contribution in [3.05, 3.63) is 12.2 Å². The summed E-state index contributed by atoms with van der Waals surface area (Å²) in [4.78, 5) is 17.7. The van der Waals surface area contributed by atoms with Gasteiger partial charge in [0.1, 0.15) is 12.2 Å². The predicted molar refractivity (Wildman–Crippen MR) is 131 cm³/mol. The number of aromatic nitrogens is 8. The molecule has 3 aromatic heterocycles. The van der Waals surface area contributed by atoms with E-state index in [4.69, 9.17) is 14.7 Å². The topological polar surface area (TPSA) is 164 Å². The summed E-state index contributed by atoms with van der Waals surface area (Å²) in [6, 6.07) is 0.230. The molecule has 3 aromatic rings. The summed E-state index contributed by atoms with van der Waals surface area (Å²) in [5.74, 6) is 1.29. The zero-order valence-electron chi connectivity index (χ0n) is 20.9. The molecule has 5 rings (SSSR count). The number of nitrogens with zero attached hydrogens (tertiary/aromatic N) is 9. The van der Waals surface area contributed by atoms with Gasteiger partial charge in [-0.3, -0.25) is 4.57 Å². The van der Waals surface area contributed by atoms with E-state index in [1.54, 1.807) is 17.9 Å². The van der Waals surface area contributed by atoms with E-state index in [0.717, 1.165) is 32.5 Å². The third-order valence-corrected chi connectivity index (χ3v) is 6.95. The van der Waals surface area contributed by atoms with Gasteiger partial charge in [0.2, 0.25) is 11.8 Å². The number of nitrogens with one attached hydrogen (secondary N) is 2. The van der Waals surface area contributed by atoms with Gasteiger partial charge < -0.3 is 30.5 Å². The van der Waals surface area contributed by atoms with Crippen LogP contribution in [0.2, 0.25) is 0 Å². The van der Waals surface area contributed by atoms with Crippen LogP contribution in [0.3, 0.4) is 0 Å². The molecular formula is C22H35N11O3. The minimum Gasteiger partial charge on any atom is -0.387 e. The molecule has 2 aliphatic rings. The monoisotopic (exact) mass is 501 g/mol. The number of tetrazole rings is 1. The van der Waals surface area contributed by atoms with Crippen LogP contribution in [-0.4, -0.2) is 99.3 Å². The first-order chi connectivity index (χ1) is 17.5. The Labute approximate surface area is 209 Å². The second-order valence-electron chi connectivity index (χ2n) is 9.42. The fourth-order valence-electron chi connectivity index (χ4n) is 4.82. The highest BCUT2D eigenvalue weighted by Crippen LogP contribution is 2.39. The van der Waals surface area contributed by atoms with Crippen molar-refractivity contribution in [2.75, 3.05) is 36.8 Å². The molecule has 0 unspecified atom stereocenters. The SMILES string of the molecule is CCC(CC)Nc1nc(NCCN2CCCC2)nc2c1ncn2[C@@H]1O[C@H](c2nnn(C)n2)[C@@H](O)[C@H]1O. The molecule has 36 heavy (non-hydrogen) atoms. The standard InChI is InChI=1S/C22H35N11O3/c1-4-13(5-2)25-18-14-20(27-22(26-18)23-8-11-32-9-6-7-10-32)33(12-24-14)21-16(35)15(34)17(36-21)19-28-30-31(3)29-19/h12-13,15-17,21,34-35H,4-11H2,1-3H3,(H2,23,25,26,27)/t15-,16+,17-,21+/m0/s1. The maximum Gasteiger partial charge on any atom is 0.226 e. The van der Waals surface area contributed by atoms with Crippen molar-refractivity contribution in [1.82, 2.24) is 44.6 Å². The third kappa shape index (κ3) is 4.85. The minimum atomic E-state index is -1.24. The molecule has 196 valence electrons. The maximum absolute atomic E-state index is 10.9. The summed E-state index contributed by atoms with van der Waals surface area (Å²) in [5.41, 5.74) is 1.06. The van der Waals surface area contributed by atoms with Crippen molar-refractivity contribution in [3.8, 4) is 0 Å². The molecule has 0 aromatic carbocycles. The third-order valence-electron chi connectivity index (χ3n) is 6.95. The van der Waals surface area contributed by atoms with E-state index in [1.807, 2.05) is 0 Å². The van der Waals surface area contributed by atoms with E-state index in [9.17, 15) is 10.2 Å². The van der Waals surface area contributed by atoms with Gasteiger partial charge in [0, 0.05) is 19.1 Å². The van der Waals surface area contributed by atoms with Crippen LogP contribution in [0.4, 0.5) is 11.8 Å². The number of aryl methyl sites for hydroxylation is 1. The molecule has 2 saturated heterocycles. The summed E-state index contributed by atoms with van der Waals surface area (Å²) in [6.45, 7) is 8.12. The average Bonchev–Trinajstić information content (AvgIpc) is 3.67. The number of ether oxygens (including phenoxy) is 1. The lowest BCUT2D eigenvalue weighted by Gasteiger charge is -2.19. The molecular weight excluding hydrogens is 466 g/mol. The second kappa shape index (κ2) is 10.6. The molecule has 0 saturated carbocycles. The van der Waals surface area contributed by atoms with Gasteiger partial charge in [-0.2, -0.15) is 14.8 Å². The molecule has 2 fully saturated rings. The molecule has 0 amide bonds. The number of fused-ring (bicyclic) bond motifs is 1. The van der Waals surface area contributed by atoms with Crippen LogP contribution in [0.25, 0.3) is 11.2 Å². The lowest BCUT2D eigenvalue weighted by atomic mass is 10.1. The highest BCUT2D eigenvalue weighted by Gasteiger charge is 2.47. The van der Waals surface area contributed by atoms with Crippen LogP contribution >= 0.6 is 0 Å². The Balaban J connectivity index is 1.44. The first kappa shape index (κ1) is 24.7. The fraction of sp³-hybridized carbons (Fsp3) is 0.727. The largest absolute Gasteiger partial charge is 0.387 e. The van der Waals surface area contributed by atoms with Crippen molar-refractivity contribution >= 4 is 22.9 Å². The normalized spacial score (nSPS) is 24.8. The molecule has 4 N–H and O–H groups in total. The Morgan fingerprint density at radius 1 is 1.14 bits per heavy atom. The predicted octanol–water partition coefficient (Wildman–Crippen LogP) is 0.450. The second-order valence-corrected chi connectivity index (χ2v) is 9.42. The molecule has 14 nitrogen and oxygen atoms in total. The Bertz CT molecular complexity index is 1160. The van der Waals surface area contributed by atoms with E-state index in [1.165, 1.54) is 17.6 Å². The van der Waals surface area contributed by atoms with Crippen molar-refractivity contribution in [2.45, 2.75) is 70.1 Å². The van der Waals surface area contributed by atoms with Gasteiger partial charge in [0.05, 0.1) is 13.4 Å². The number of hydrogen-bond donors (Lipinski definition) is 4. The van der Waals surface area contributed by atoms with Crippen molar-refractivity contribution in [1.29, 1.82) is 0 Å². The number of hydrogen-bond acceptors (Lipinski definition) is 12. The van der Waals surface area contributed by atoms with Crippen molar-refractivity contribution < 1.29 is 14.9 Å². The van der Waals surface area contributed by atoms with Gasteiger partial charge in [-0.05, 0) is 44.0 Å². The zero-order chi connectivity index (χ0) is 25.2. The van der Waals surface area contributed by atoms with Gasteiger partial charge in [0.15, 0.2) is 29.3 Å². The summed E-state index contributed by atoms with van der Waals surface area (Å²) < 4.78 is 7.66. The smallest absolute Gasteiger partial charge is 0.226 e. The molecule has 5 heterocycles. The molecule has 0 aliphatic carbocycles. The quantitative estimate of drug-likeness (QED) is 0.304. The summed E-state index contributed by atoms with van der Waals surface area (Å²) >= 11 is 0. The average molecular weight is 502 g/mol. The highest BCUT2D eigenvalue weighted by molar-refractivity contribution is 5.84. The Morgan fingerprint density at radius 3 is 2.61 bits per heavy atom. The number of aliphatic hydroxyl groups is 2. The molecule has 0 radical (unpaired) electrons. The molecule has 14 heteroatoms. The Kier molecular flexibility index (Phi) is 7.27. The van der Waals surface area contributed by atoms with Gasteiger partial charge in [-0.25, -0.2) is 4.98 Å². The number of imidazole rings is 1. The lowest BCUT2D eigenvalue weighted by molar-refractivity contribution is -0.0384. The number of rotatable bonds is 10. The summed E-state index contributed by atoms with van der Waals surface area (Å²) in [6.07, 6.45) is 1.56. The van der Waals surface area contributed by atoms with E-state index in [2.05, 4.69) is 49.8 Å². The number of likely N-dealkylation sites (tertiary alicyclic amines) is 1. The van der Waals surface area contributed by atoms with Gasteiger partial charge in [0.25, 0.3) is 0 Å². The lowest BCUT2D eigenvalue weighted by Crippen LogP contribution is -2.29. The molecule has 0 bridgehead atoms. The van der Waals surface area contributed by atoms with Crippen LogP contribution in [-0.2, 0) is 11.8 Å². The van der Waals surface area contributed by atoms with Crippen LogP contribution < -0.4 is 10.6 Å². The van der Waals surface area contributed by atoms with Crippen LogP contribution in [0, 0.1) is 0 Å². The van der Waals surface area contributed by atoms with E-state index in [0.29, 0.717) is 29.5 Å².